The Hall–Kier alpha value is -2.62. The van der Waals surface area contributed by atoms with Crippen molar-refractivity contribution < 1.29 is 40.3 Å². The smallest absolute Gasteiger partial charge is 0.416 e. The molecule has 0 spiro atoms. The molecule has 0 amide bonds. The highest BCUT2D eigenvalue weighted by atomic mass is 19.4. The van der Waals surface area contributed by atoms with Gasteiger partial charge in [0.25, 0.3) is 0 Å². The number of alkyl halides is 7. The van der Waals surface area contributed by atoms with Gasteiger partial charge in [-0.2, -0.15) is 26.3 Å². The van der Waals surface area contributed by atoms with Crippen molar-refractivity contribution in [3.05, 3.63) is 70.8 Å². The number of likely N-dealkylation sites (tertiary alicyclic amines) is 1. The molecule has 1 heterocycles. The summed E-state index contributed by atoms with van der Waals surface area (Å²) in [6.45, 7) is -0.490. The van der Waals surface area contributed by atoms with Crippen LogP contribution in [0, 0.1) is 0 Å². The zero-order chi connectivity index (χ0) is 22.8. The van der Waals surface area contributed by atoms with Crippen LogP contribution in [0.3, 0.4) is 0 Å². The fourth-order valence-corrected chi connectivity index (χ4v) is 3.39. The minimum absolute atomic E-state index is 0.0296. The van der Waals surface area contributed by atoms with Crippen LogP contribution in [0.2, 0.25) is 0 Å². The van der Waals surface area contributed by atoms with Crippen LogP contribution in [-0.2, 0) is 35.0 Å². The molecule has 0 unspecified atom stereocenters. The van der Waals surface area contributed by atoms with Gasteiger partial charge in [-0.15, -0.1) is 0 Å². The first-order valence-electron chi connectivity index (χ1n) is 9.30. The molecule has 31 heavy (non-hydrogen) atoms. The largest absolute Gasteiger partial charge is 0.460 e. The van der Waals surface area contributed by atoms with E-state index in [-0.39, 0.29) is 25.1 Å². The second-order valence-electron chi connectivity index (χ2n) is 7.28. The molecular weight excluding hydrogens is 431 g/mol. The predicted octanol–water partition coefficient (Wildman–Crippen LogP) is 5.38. The van der Waals surface area contributed by atoms with Crippen LogP contribution in [0.15, 0.2) is 48.5 Å². The van der Waals surface area contributed by atoms with E-state index in [9.17, 15) is 35.5 Å². The molecule has 1 saturated heterocycles. The van der Waals surface area contributed by atoms with E-state index in [0.29, 0.717) is 5.56 Å². The van der Waals surface area contributed by atoms with Gasteiger partial charge in [-0.25, -0.2) is 4.39 Å². The van der Waals surface area contributed by atoms with Crippen molar-refractivity contribution in [3.8, 4) is 0 Å². The maximum Gasteiger partial charge on any atom is 0.416 e. The molecule has 0 bridgehead atoms. The third-order valence-electron chi connectivity index (χ3n) is 4.93. The normalized spacial score (nSPS) is 20.1. The van der Waals surface area contributed by atoms with E-state index < -0.39 is 48.3 Å². The van der Waals surface area contributed by atoms with E-state index in [4.69, 9.17) is 4.74 Å². The van der Waals surface area contributed by atoms with Gasteiger partial charge in [-0.05, 0) is 35.4 Å². The number of esters is 1. The molecule has 3 rings (SSSR count). The highest BCUT2D eigenvalue weighted by molar-refractivity contribution is 5.76. The van der Waals surface area contributed by atoms with Gasteiger partial charge in [-0.3, -0.25) is 9.69 Å². The molecule has 168 valence electrons. The maximum atomic E-state index is 13.9. The van der Waals surface area contributed by atoms with E-state index in [0.717, 1.165) is 24.3 Å². The molecule has 2 aromatic rings. The van der Waals surface area contributed by atoms with Gasteiger partial charge in [0.15, 0.2) is 0 Å². The third-order valence-corrected chi connectivity index (χ3v) is 4.93. The predicted molar refractivity (Wildman–Crippen MR) is 96.4 cm³/mol. The number of ether oxygens (including phenoxy) is 1. The van der Waals surface area contributed by atoms with Crippen molar-refractivity contribution in [2.75, 3.05) is 6.54 Å². The molecular formula is C21H18F7NO2. The number of halogens is 7. The molecule has 2 atom stereocenters. The van der Waals surface area contributed by atoms with E-state index >= 15 is 0 Å². The summed E-state index contributed by atoms with van der Waals surface area (Å²) in [6.07, 6.45) is -10.5. The summed E-state index contributed by atoms with van der Waals surface area (Å²) in [7, 11) is 0. The molecule has 0 radical (unpaired) electrons. The second kappa shape index (κ2) is 8.86. The average Bonchev–Trinajstić information content (AvgIpc) is 3.05. The van der Waals surface area contributed by atoms with Crippen molar-refractivity contribution in [2.24, 2.45) is 0 Å². The summed E-state index contributed by atoms with van der Waals surface area (Å²) in [6, 6.07) is 7.63. The summed E-state index contributed by atoms with van der Waals surface area (Å²) in [5, 5.41) is 0. The van der Waals surface area contributed by atoms with Crippen LogP contribution in [0.25, 0.3) is 0 Å². The van der Waals surface area contributed by atoms with Gasteiger partial charge >= 0.3 is 18.3 Å². The molecule has 0 N–H and O–H groups in total. The second-order valence-corrected chi connectivity index (χ2v) is 7.28. The summed E-state index contributed by atoms with van der Waals surface area (Å²) in [5.74, 6) is -0.801. The molecule has 1 fully saturated rings. The number of rotatable bonds is 5. The number of hydrogen-bond acceptors (Lipinski definition) is 3. The molecule has 1 aliphatic rings. The molecule has 10 heteroatoms. The topological polar surface area (TPSA) is 29.5 Å². The first kappa shape index (κ1) is 23.1. The lowest BCUT2D eigenvalue weighted by atomic mass is 10.1. The van der Waals surface area contributed by atoms with Gasteiger partial charge in [0.2, 0.25) is 0 Å². The minimum Gasteiger partial charge on any atom is -0.460 e. The first-order chi connectivity index (χ1) is 14.4. The molecule has 0 saturated carbocycles. The maximum absolute atomic E-state index is 13.9. The average molecular weight is 449 g/mol. The summed E-state index contributed by atoms with van der Waals surface area (Å²) in [4.78, 5) is 13.9. The van der Waals surface area contributed by atoms with Crippen LogP contribution in [0.4, 0.5) is 30.7 Å². The molecule has 1 aliphatic heterocycles. The summed E-state index contributed by atoms with van der Waals surface area (Å²) >= 11 is 0. The Balaban J connectivity index is 1.63. The Labute approximate surface area is 173 Å². The zero-order valence-corrected chi connectivity index (χ0v) is 16.0. The van der Waals surface area contributed by atoms with Gasteiger partial charge in [0.05, 0.1) is 11.1 Å². The molecule has 3 nitrogen and oxygen atoms in total. The van der Waals surface area contributed by atoms with Gasteiger partial charge in [0.1, 0.15) is 18.8 Å². The third kappa shape index (κ3) is 5.96. The highest BCUT2D eigenvalue weighted by Gasteiger charge is 2.38. The number of benzene rings is 2. The van der Waals surface area contributed by atoms with Gasteiger partial charge < -0.3 is 4.74 Å². The Bertz CT molecular complexity index is 909. The van der Waals surface area contributed by atoms with Gasteiger partial charge in [-0.1, -0.05) is 24.3 Å². The van der Waals surface area contributed by atoms with Crippen molar-refractivity contribution in [1.29, 1.82) is 0 Å². The van der Waals surface area contributed by atoms with Crippen molar-refractivity contribution in [1.82, 2.24) is 4.90 Å². The van der Waals surface area contributed by atoms with Crippen LogP contribution < -0.4 is 0 Å². The van der Waals surface area contributed by atoms with Crippen LogP contribution in [0.5, 0.6) is 0 Å². The fourth-order valence-electron chi connectivity index (χ4n) is 3.39. The number of carbonyl (C=O) groups excluding carboxylic acids is 1. The SMILES string of the molecule is O=C(OCc1cccc(C(F)(F)F)c1)[C@H]1C[C@H](F)CN1Cc1ccc(C(F)(F)F)cc1. The Morgan fingerprint density at radius 3 is 2.19 bits per heavy atom. The Morgan fingerprint density at radius 2 is 1.58 bits per heavy atom. The molecule has 2 aromatic carbocycles. The van der Waals surface area contributed by atoms with E-state index in [2.05, 4.69) is 0 Å². The number of hydrogen-bond donors (Lipinski definition) is 0. The monoisotopic (exact) mass is 449 g/mol. The lowest BCUT2D eigenvalue weighted by Gasteiger charge is -2.23. The lowest BCUT2D eigenvalue weighted by Crippen LogP contribution is -2.36. The van der Waals surface area contributed by atoms with Crippen molar-refractivity contribution >= 4 is 5.97 Å². The minimum atomic E-state index is -4.54. The van der Waals surface area contributed by atoms with E-state index in [1.54, 1.807) is 0 Å². The Kier molecular flexibility index (Phi) is 6.59. The van der Waals surface area contributed by atoms with Crippen molar-refractivity contribution in [2.45, 2.75) is 44.1 Å². The van der Waals surface area contributed by atoms with E-state index in [1.807, 2.05) is 0 Å². The lowest BCUT2D eigenvalue weighted by molar-refractivity contribution is -0.150. The Morgan fingerprint density at radius 1 is 0.935 bits per heavy atom. The number of carbonyl (C=O) groups is 1. The molecule has 0 aromatic heterocycles. The first-order valence-corrected chi connectivity index (χ1v) is 9.30. The van der Waals surface area contributed by atoms with Gasteiger partial charge in [0, 0.05) is 19.5 Å². The zero-order valence-electron chi connectivity index (χ0n) is 16.0. The van der Waals surface area contributed by atoms with E-state index in [1.165, 1.54) is 29.2 Å². The van der Waals surface area contributed by atoms with Crippen molar-refractivity contribution in [3.63, 3.8) is 0 Å². The van der Waals surface area contributed by atoms with Crippen LogP contribution >= 0.6 is 0 Å². The van der Waals surface area contributed by atoms with Crippen LogP contribution in [-0.4, -0.2) is 29.6 Å². The fraction of sp³-hybridized carbons (Fsp3) is 0.381. The van der Waals surface area contributed by atoms with Crippen LogP contribution in [0.1, 0.15) is 28.7 Å². The summed E-state index contributed by atoms with van der Waals surface area (Å²) < 4.78 is 95.4. The molecule has 0 aliphatic carbocycles. The quantitative estimate of drug-likeness (QED) is 0.454. The standard InChI is InChI=1S/C21H18F7NO2/c22-17-9-18(19(30)31-12-14-2-1-3-16(8-14)21(26,27)28)29(11-17)10-13-4-6-15(7-5-13)20(23,24)25/h1-8,17-18H,9-12H2/t17-,18+/m0/s1. The highest BCUT2D eigenvalue weighted by Crippen LogP contribution is 2.31. The number of nitrogens with zero attached hydrogens (tertiary/aromatic N) is 1. The summed E-state index contributed by atoms with van der Waals surface area (Å²) in [5.41, 5.74) is -1.11.